The molecule has 0 aromatic carbocycles. The van der Waals surface area contributed by atoms with E-state index in [9.17, 15) is 19.4 Å². The van der Waals surface area contributed by atoms with E-state index in [1.54, 1.807) is 6.08 Å². The number of amides is 1. The number of unbranched alkanes of at least 4 members (excludes halogenated alkanes) is 39. The van der Waals surface area contributed by atoms with Crippen molar-refractivity contribution >= 4 is 13.7 Å². The van der Waals surface area contributed by atoms with Gasteiger partial charge in [-0.3, -0.25) is 9.36 Å². The number of quaternary nitrogens is 1. The lowest BCUT2D eigenvalue weighted by Crippen LogP contribution is -2.45. The topological polar surface area (TPSA) is 108 Å². The standard InChI is InChI=1S/C73H135N2O6P/c1-6-8-10-12-14-16-18-20-22-24-26-28-30-32-34-35-36-37-38-39-41-43-45-47-49-51-53-55-57-59-61-63-65-67-73(77)74-71(70-81-82(78,79)80-69-68-75(3,4)5)72(76)66-64-62-60-58-56-54-52-50-48-46-44-42-40-33-31-29-27-25-23-21-19-17-15-13-11-9-7-2/h8,10,14,16,20,22,26,28,32,34,56,58,64,66,71-72,76H,6-7,9,11-13,15,17-19,21,23-25,27,29-31,33,35-55,57,59-63,65,67-70H2,1-5H3,(H-,74,77,78,79)/b10-8-,16-14-,22-20-,28-26-,34-32-,58-56+,66-64+. The van der Waals surface area contributed by atoms with Crippen LogP contribution >= 0.6 is 7.82 Å². The Morgan fingerprint density at radius 2 is 0.756 bits per heavy atom. The number of hydrogen-bond acceptors (Lipinski definition) is 6. The summed E-state index contributed by atoms with van der Waals surface area (Å²) >= 11 is 0. The molecule has 0 spiro atoms. The van der Waals surface area contributed by atoms with Crippen LogP contribution < -0.4 is 10.2 Å². The van der Waals surface area contributed by atoms with Gasteiger partial charge in [0.2, 0.25) is 5.91 Å². The second-order valence-corrected chi connectivity index (χ2v) is 26.3. The first-order chi connectivity index (χ1) is 40.0. The monoisotopic (exact) mass is 1170 g/mol. The molecule has 82 heavy (non-hydrogen) atoms. The third kappa shape index (κ3) is 65.2. The van der Waals surface area contributed by atoms with E-state index in [-0.39, 0.29) is 12.5 Å². The second-order valence-electron chi connectivity index (χ2n) is 24.8. The lowest BCUT2D eigenvalue weighted by Gasteiger charge is -2.29. The zero-order chi connectivity index (χ0) is 59.8. The van der Waals surface area contributed by atoms with E-state index in [2.05, 4.69) is 92.1 Å². The van der Waals surface area contributed by atoms with Crippen molar-refractivity contribution in [3.63, 3.8) is 0 Å². The Labute approximate surface area is 509 Å². The smallest absolute Gasteiger partial charge is 0.268 e. The molecule has 0 aliphatic heterocycles. The summed E-state index contributed by atoms with van der Waals surface area (Å²) in [6.45, 7) is 4.55. The van der Waals surface area contributed by atoms with Gasteiger partial charge in [0.05, 0.1) is 39.9 Å². The number of carbonyl (C=O) groups is 1. The minimum absolute atomic E-state index is 0.00776. The lowest BCUT2D eigenvalue weighted by atomic mass is 10.0. The Kier molecular flexibility index (Phi) is 61.4. The molecule has 0 aromatic rings. The zero-order valence-corrected chi connectivity index (χ0v) is 55.6. The predicted molar refractivity (Wildman–Crippen MR) is 357 cm³/mol. The average molecular weight is 1170 g/mol. The first-order valence-electron chi connectivity index (χ1n) is 34.9. The van der Waals surface area contributed by atoms with Gasteiger partial charge < -0.3 is 28.8 Å². The molecule has 0 heterocycles. The number of aliphatic hydroxyl groups excluding tert-OH is 1. The van der Waals surface area contributed by atoms with E-state index < -0.39 is 26.6 Å². The third-order valence-electron chi connectivity index (χ3n) is 15.6. The molecule has 0 bridgehead atoms. The van der Waals surface area contributed by atoms with Crippen molar-refractivity contribution in [2.45, 2.75) is 334 Å². The predicted octanol–water partition coefficient (Wildman–Crippen LogP) is 21.7. The Hall–Kier alpha value is -2.32. The zero-order valence-electron chi connectivity index (χ0n) is 54.7. The summed E-state index contributed by atoms with van der Waals surface area (Å²) in [5.74, 6) is -0.205. The fraction of sp³-hybridized carbons (Fsp3) is 0.795. The highest BCUT2D eigenvalue weighted by Crippen LogP contribution is 2.38. The number of phosphoric ester groups is 1. The first kappa shape index (κ1) is 79.7. The normalized spacial score (nSPS) is 14.2. The number of phosphoric acid groups is 1. The summed E-state index contributed by atoms with van der Waals surface area (Å²) in [6.07, 6.45) is 89.9. The number of aliphatic hydroxyl groups is 1. The van der Waals surface area contributed by atoms with Crippen LogP contribution in [0.4, 0.5) is 0 Å². The summed E-state index contributed by atoms with van der Waals surface area (Å²) in [4.78, 5) is 25.6. The van der Waals surface area contributed by atoms with Crippen LogP contribution in [0.1, 0.15) is 322 Å². The van der Waals surface area contributed by atoms with Gasteiger partial charge in [0.15, 0.2) is 0 Å². The van der Waals surface area contributed by atoms with Crippen molar-refractivity contribution in [3.05, 3.63) is 85.1 Å². The second kappa shape index (κ2) is 63.2. The minimum atomic E-state index is -4.62. The van der Waals surface area contributed by atoms with Gasteiger partial charge in [-0.1, -0.05) is 324 Å². The minimum Gasteiger partial charge on any atom is -0.756 e. The molecular formula is C73H135N2O6P. The summed E-state index contributed by atoms with van der Waals surface area (Å²) < 4.78 is 23.4. The molecule has 1 amide bonds. The SMILES string of the molecule is CC/C=C\C/C=C\C/C=C\C/C=C\C/C=C\CCCCCCCCCCCCCCCCCCCC(=O)NC(COP(=O)([O-])OCC[N+](C)(C)C)C(O)/C=C/CC/C=C/CCCCCCCCCCCCCCCCCCCCCCC. The van der Waals surface area contributed by atoms with Gasteiger partial charge in [-0.15, -0.1) is 0 Å². The molecule has 0 radical (unpaired) electrons. The molecule has 0 saturated heterocycles. The van der Waals surface area contributed by atoms with E-state index in [0.29, 0.717) is 17.4 Å². The van der Waals surface area contributed by atoms with Crippen molar-refractivity contribution in [1.29, 1.82) is 0 Å². The maximum atomic E-state index is 13.0. The van der Waals surface area contributed by atoms with Crippen LogP contribution in [0.2, 0.25) is 0 Å². The van der Waals surface area contributed by atoms with E-state index in [4.69, 9.17) is 9.05 Å². The molecule has 0 aromatic heterocycles. The van der Waals surface area contributed by atoms with Gasteiger partial charge in [-0.05, 0) is 77.0 Å². The molecule has 0 fully saturated rings. The van der Waals surface area contributed by atoms with Crippen LogP contribution in [0.5, 0.6) is 0 Å². The third-order valence-corrected chi connectivity index (χ3v) is 16.6. The van der Waals surface area contributed by atoms with Gasteiger partial charge in [0.1, 0.15) is 13.2 Å². The Bertz CT molecular complexity index is 1610. The Balaban J connectivity index is 4.10. The molecule has 478 valence electrons. The number of likely N-dealkylation sites (N-methyl/N-ethyl adjacent to an activating group) is 1. The fourth-order valence-corrected chi connectivity index (χ4v) is 10.9. The summed E-state index contributed by atoms with van der Waals surface area (Å²) in [5, 5.41) is 13.9. The highest BCUT2D eigenvalue weighted by atomic mass is 31.2. The van der Waals surface area contributed by atoms with E-state index in [1.165, 1.54) is 231 Å². The quantitative estimate of drug-likeness (QED) is 0.0272. The van der Waals surface area contributed by atoms with Gasteiger partial charge in [-0.2, -0.15) is 0 Å². The van der Waals surface area contributed by atoms with E-state index in [1.807, 2.05) is 27.2 Å². The number of carbonyl (C=O) groups excluding carboxylic acids is 1. The fourth-order valence-electron chi connectivity index (χ4n) is 10.2. The van der Waals surface area contributed by atoms with Crippen molar-refractivity contribution in [1.82, 2.24) is 5.32 Å². The summed E-state index contributed by atoms with van der Waals surface area (Å²) in [7, 11) is 1.25. The van der Waals surface area contributed by atoms with Crippen molar-refractivity contribution in [2.24, 2.45) is 0 Å². The van der Waals surface area contributed by atoms with Crippen LogP contribution in [-0.2, 0) is 18.4 Å². The molecule has 9 heteroatoms. The first-order valence-corrected chi connectivity index (χ1v) is 36.4. The molecule has 0 aliphatic rings. The maximum absolute atomic E-state index is 13.0. The molecular weight excluding hydrogens is 1030 g/mol. The molecule has 8 nitrogen and oxygen atoms in total. The number of nitrogens with zero attached hydrogens (tertiary/aromatic N) is 1. The molecule has 3 atom stereocenters. The number of hydrogen-bond donors (Lipinski definition) is 2. The van der Waals surface area contributed by atoms with Crippen molar-refractivity contribution in [2.75, 3.05) is 40.9 Å². The maximum Gasteiger partial charge on any atom is 0.268 e. The lowest BCUT2D eigenvalue weighted by molar-refractivity contribution is -0.870. The molecule has 0 saturated carbocycles. The largest absolute Gasteiger partial charge is 0.756 e. The van der Waals surface area contributed by atoms with Crippen LogP contribution in [-0.4, -0.2) is 68.5 Å². The summed E-state index contributed by atoms with van der Waals surface area (Å²) in [5.41, 5.74) is 0. The molecule has 3 unspecified atom stereocenters. The number of rotatable bonds is 64. The van der Waals surface area contributed by atoms with E-state index in [0.717, 1.165) is 70.6 Å². The molecule has 2 N–H and O–H groups in total. The Morgan fingerprint density at radius 1 is 0.439 bits per heavy atom. The van der Waals surface area contributed by atoms with E-state index >= 15 is 0 Å². The molecule has 0 aliphatic carbocycles. The summed E-state index contributed by atoms with van der Waals surface area (Å²) in [6, 6.07) is -0.908. The van der Waals surface area contributed by atoms with Crippen LogP contribution in [0, 0.1) is 0 Å². The van der Waals surface area contributed by atoms with Crippen molar-refractivity contribution < 1.29 is 32.9 Å². The van der Waals surface area contributed by atoms with Crippen LogP contribution in [0.25, 0.3) is 0 Å². The highest BCUT2D eigenvalue weighted by Gasteiger charge is 2.23. The molecule has 0 rings (SSSR count). The van der Waals surface area contributed by atoms with Gasteiger partial charge in [0, 0.05) is 6.42 Å². The van der Waals surface area contributed by atoms with Gasteiger partial charge >= 0.3 is 0 Å². The van der Waals surface area contributed by atoms with Crippen LogP contribution in [0.15, 0.2) is 85.1 Å². The van der Waals surface area contributed by atoms with Crippen molar-refractivity contribution in [3.8, 4) is 0 Å². The highest BCUT2D eigenvalue weighted by molar-refractivity contribution is 7.45. The van der Waals surface area contributed by atoms with Gasteiger partial charge in [0.25, 0.3) is 7.82 Å². The number of nitrogens with one attached hydrogen (secondary N) is 1. The van der Waals surface area contributed by atoms with Gasteiger partial charge in [-0.25, -0.2) is 0 Å². The van der Waals surface area contributed by atoms with Crippen LogP contribution in [0.3, 0.4) is 0 Å². The average Bonchev–Trinajstić information content (AvgIpc) is 3.47. The number of allylic oxidation sites excluding steroid dienone is 13. The Morgan fingerprint density at radius 3 is 1.13 bits per heavy atom.